The molecule has 2 amide bonds. The molecule has 0 unspecified atom stereocenters. The summed E-state index contributed by atoms with van der Waals surface area (Å²) >= 11 is 0. The fraction of sp³-hybridized carbons (Fsp3) is 0.333. The van der Waals surface area contributed by atoms with Gasteiger partial charge in [0.1, 0.15) is 11.4 Å². The summed E-state index contributed by atoms with van der Waals surface area (Å²) in [5.74, 6) is 0.198. The van der Waals surface area contributed by atoms with Gasteiger partial charge in [-0.25, -0.2) is 0 Å². The molecule has 0 N–H and O–H groups in total. The number of nitrogens with zero attached hydrogens (tertiary/aromatic N) is 3. The molecule has 0 saturated carbocycles. The molecule has 2 aromatic rings. The van der Waals surface area contributed by atoms with Gasteiger partial charge < -0.3 is 14.5 Å². The van der Waals surface area contributed by atoms with Gasteiger partial charge in [-0.15, -0.1) is 0 Å². The van der Waals surface area contributed by atoms with E-state index < -0.39 is 0 Å². The highest BCUT2D eigenvalue weighted by atomic mass is 16.5. The first-order valence-electron chi connectivity index (χ1n) is 10.4. The van der Waals surface area contributed by atoms with Crippen LogP contribution in [0, 0.1) is 0 Å². The molecule has 4 rings (SSSR count). The number of hydrogen-bond donors (Lipinski definition) is 0. The van der Waals surface area contributed by atoms with E-state index in [1.165, 1.54) is 4.90 Å². The largest absolute Gasteiger partial charge is 0.496 e. The number of carbonyl (C=O) groups is 2. The Bertz CT molecular complexity index is 963. The minimum Gasteiger partial charge on any atom is -0.496 e. The molecule has 2 aromatic carbocycles. The second-order valence-corrected chi connectivity index (χ2v) is 7.52. The lowest BCUT2D eigenvalue weighted by Crippen LogP contribution is -2.47. The van der Waals surface area contributed by atoms with Crippen LogP contribution < -0.4 is 4.74 Å². The third-order valence-electron chi connectivity index (χ3n) is 5.86. The van der Waals surface area contributed by atoms with Crippen LogP contribution in [0.3, 0.4) is 0 Å². The van der Waals surface area contributed by atoms with Crippen molar-refractivity contribution < 1.29 is 14.3 Å². The van der Waals surface area contributed by atoms with E-state index in [4.69, 9.17) is 4.74 Å². The standard InChI is InChI=1S/C24H27N3O3/c1-3-25-13-15-26(16-14-25)22-21(18-9-5-4-6-10-18)23(28)27(24(22)29)17-19-11-7-8-12-20(19)30-2/h4-12H,3,13-17H2,1-2H3. The van der Waals surface area contributed by atoms with Gasteiger partial charge >= 0.3 is 0 Å². The molecule has 2 aliphatic rings. The Balaban J connectivity index is 1.69. The van der Waals surface area contributed by atoms with Gasteiger partial charge in [0.25, 0.3) is 11.8 Å². The van der Waals surface area contributed by atoms with Gasteiger partial charge in [0.05, 0.1) is 19.2 Å². The van der Waals surface area contributed by atoms with Gasteiger partial charge in [0, 0.05) is 31.7 Å². The van der Waals surface area contributed by atoms with E-state index in [9.17, 15) is 9.59 Å². The predicted octanol–water partition coefficient (Wildman–Crippen LogP) is 2.61. The van der Waals surface area contributed by atoms with E-state index in [-0.39, 0.29) is 18.4 Å². The van der Waals surface area contributed by atoms with Crippen LogP contribution in [0.4, 0.5) is 0 Å². The predicted molar refractivity (Wildman–Crippen MR) is 116 cm³/mol. The Hall–Kier alpha value is -3.12. The van der Waals surface area contributed by atoms with Crippen molar-refractivity contribution in [3.05, 3.63) is 71.4 Å². The summed E-state index contributed by atoms with van der Waals surface area (Å²) in [5, 5.41) is 0. The third kappa shape index (κ3) is 3.71. The number of rotatable bonds is 6. The molecule has 2 aliphatic heterocycles. The molecule has 1 fully saturated rings. The van der Waals surface area contributed by atoms with E-state index in [1.54, 1.807) is 7.11 Å². The Kier molecular flexibility index (Phi) is 5.86. The van der Waals surface area contributed by atoms with Crippen molar-refractivity contribution in [2.45, 2.75) is 13.5 Å². The summed E-state index contributed by atoms with van der Waals surface area (Å²) in [6, 6.07) is 17.0. The van der Waals surface area contributed by atoms with Crippen molar-refractivity contribution in [1.82, 2.24) is 14.7 Å². The zero-order chi connectivity index (χ0) is 21.1. The minimum atomic E-state index is -0.245. The highest BCUT2D eigenvalue weighted by molar-refractivity contribution is 6.35. The number of carbonyl (C=O) groups excluding carboxylic acids is 2. The van der Waals surface area contributed by atoms with E-state index >= 15 is 0 Å². The first-order valence-corrected chi connectivity index (χ1v) is 10.4. The fourth-order valence-electron chi connectivity index (χ4n) is 4.16. The summed E-state index contributed by atoms with van der Waals surface area (Å²) in [5.41, 5.74) is 2.62. The van der Waals surface area contributed by atoms with E-state index in [0.29, 0.717) is 17.0 Å². The summed E-state index contributed by atoms with van der Waals surface area (Å²) in [6.45, 7) is 6.57. The SMILES string of the molecule is CCN1CCN(C2=C(c3ccccc3)C(=O)N(Cc3ccccc3OC)C2=O)CC1. The number of methoxy groups -OCH3 is 1. The van der Waals surface area contributed by atoms with Crippen molar-refractivity contribution in [2.24, 2.45) is 0 Å². The molecular weight excluding hydrogens is 378 g/mol. The van der Waals surface area contributed by atoms with Crippen molar-refractivity contribution in [3.8, 4) is 5.75 Å². The lowest BCUT2D eigenvalue weighted by Gasteiger charge is -2.36. The molecule has 1 saturated heterocycles. The maximum atomic E-state index is 13.5. The van der Waals surface area contributed by atoms with E-state index in [1.807, 2.05) is 54.6 Å². The monoisotopic (exact) mass is 405 g/mol. The van der Waals surface area contributed by atoms with Crippen LogP contribution in [0.1, 0.15) is 18.1 Å². The van der Waals surface area contributed by atoms with Gasteiger partial charge in [0.2, 0.25) is 0 Å². The lowest BCUT2D eigenvalue weighted by molar-refractivity contribution is -0.138. The summed E-state index contributed by atoms with van der Waals surface area (Å²) in [4.78, 5) is 32.8. The normalized spacial score (nSPS) is 17.8. The Morgan fingerprint density at radius 3 is 2.20 bits per heavy atom. The highest BCUT2D eigenvalue weighted by Gasteiger charge is 2.42. The molecular formula is C24H27N3O3. The van der Waals surface area contributed by atoms with Crippen LogP contribution in [0.15, 0.2) is 60.3 Å². The number of imide groups is 1. The molecule has 0 spiro atoms. The quantitative estimate of drug-likeness (QED) is 0.692. The van der Waals surface area contributed by atoms with E-state index in [2.05, 4.69) is 16.7 Å². The molecule has 6 heteroatoms. The first-order chi connectivity index (χ1) is 14.6. The number of amides is 2. The number of piperazine rings is 1. The van der Waals surface area contributed by atoms with Gasteiger partial charge in [-0.3, -0.25) is 14.5 Å². The average Bonchev–Trinajstić information content (AvgIpc) is 3.05. The molecule has 2 heterocycles. The zero-order valence-corrected chi connectivity index (χ0v) is 17.5. The number of para-hydroxylation sites is 1. The van der Waals surface area contributed by atoms with Crippen molar-refractivity contribution >= 4 is 17.4 Å². The van der Waals surface area contributed by atoms with E-state index in [0.717, 1.165) is 43.9 Å². The zero-order valence-electron chi connectivity index (χ0n) is 17.5. The van der Waals surface area contributed by atoms with Gasteiger partial charge in [-0.05, 0) is 18.2 Å². The Morgan fingerprint density at radius 1 is 0.867 bits per heavy atom. The van der Waals surface area contributed by atoms with Crippen LogP contribution in [0.2, 0.25) is 0 Å². The molecule has 0 radical (unpaired) electrons. The molecule has 156 valence electrons. The lowest BCUT2D eigenvalue weighted by atomic mass is 10.0. The van der Waals surface area contributed by atoms with Crippen LogP contribution in [0.25, 0.3) is 5.57 Å². The molecule has 0 bridgehead atoms. The number of likely N-dealkylation sites (N-methyl/N-ethyl adjacent to an activating group) is 1. The molecule has 0 aliphatic carbocycles. The molecule has 6 nitrogen and oxygen atoms in total. The van der Waals surface area contributed by atoms with Crippen LogP contribution >= 0.6 is 0 Å². The number of hydrogen-bond acceptors (Lipinski definition) is 5. The topological polar surface area (TPSA) is 53.1 Å². The highest BCUT2D eigenvalue weighted by Crippen LogP contribution is 2.34. The fourth-order valence-corrected chi connectivity index (χ4v) is 4.16. The maximum absolute atomic E-state index is 13.5. The van der Waals surface area contributed by atoms with Crippen LogP contribution in [0.5, 0.6) is 5.75 Å². The van der Waals surface area contributed by atoms with Crippen molar-refractivity contribution in [1.29, 1.82) is 0 Å². The van der Waals surface area contributed by atoms with Crippen LogP contribution in [-0.4, -0.2) is 66.3 Å². The van der Waals surface area contributed by atoms with Crippen molar-refractivity contribution in [3.63, 3.8) is 0 Å². The summed E-state index contributed by atoms with van der Waals surface area (Å²) in [7, 11) is 1.60. The van der Waals surface area contributed by atoms with Crippen molar-refractivity contribution in [2.75, 3.05) is 39.8 Å². The number of benzene rings is 2. The summed E-state index contributed by atoms with van der Waals surface area (Å²) < 4.78 is 5.43. The van der Waals surface area contributed by atoms with Gasteiger partial charge in [0.15, 0.2) is 0 Å². The smallest absolute Gasteiger partial charge is 0.278 e. The molecule has 0 atom stereocenters. The Labute approximate surface area is 177 Å². The molecule has 0 aromatic heterocycles. The number of ether oxygens (including phenoxy) is 1. The summed E-state index contributed by atoms with van der Waals surface area (Å²) in [6.07, 6.45) is 0. The average molecular weight is 405 g/mol. The first kappa shape index (κ1) is 20.2. The molecule has 30 heavy (non-hydrogen) atoms. The third-order valence-corrected chi connectivity index (χ3v) is 5.86. The van der Waals surface area contributed by atoms with Gasteiger partial charge in [-0.1, -0.05) is 55.5 Å². The van der Waals surface area contributed by atoms with Gasteiger partial charge in [-0.2, -0.15) is 0 Å². The minimum absolute atomic E-state index is 0.191. The second-order valence-electron chi connectivity index (χ2n) is 7.52. The second kappa shape index (κ2) is 8.71. The Morgan fingerprint density at radius 2 is 1.53 bits per heavy atom. The van der Waals surface area contributed by atoms with Crippen LogP contribution in [-0.2, 0) is 16.1 Å². The maximum Gasteiger partial charge on any atom is 0.278 e.